The summed E-state index contributed by atoms with van der Waals surface area (Å²) in [7, 11) is 0. The highest BCUT2D eigenvalue weighted by Gasteiger charge is 2.16. The van der Waals surface area contributed by atoms with Crippen molar-refractivity contribution in [2.75, 3.05) is 11.9 Å². The average Bonchev–Trinajstić information content (AvgIpc) is 2.79. The van der Waals surface area contributed by atoms with Crippen LogP contribution >= 0.6 is 0 Å². The maximum Gasteiger partial charge on any atom is 0.303 e. The second-order valence-electron chi connectivity index (χ2n) is 7.87. The molecule has 3 rings (SSSR count). The van der Waals surface area contributed by atoms with Crippen LogP contribution in [0.5, 0.6) is 11.5 Å². The number of carboxylic acids is 1. The Morgan fingerprint density at radius 2 is 1.58 bits per heavy atom. The average molecular weight is 448 g/mol. The highest BCUT2D eigenvalue weighted by atomic mass is 16.5. The highest BCUT2D eigenvalue weighted by molar-refractivity contribution is 6.06. The minimum atomic E-state index is -0.864. The second kappa shape index (κ2) is 11.2. The summed E-state index contributed by atoms with van der Waals surface area (Å²) >= 11 is 0. The van der Waals surface area contributed by atoms with Gasteiger partial charge in [-0.15, -0.1) is 0 Å². The third kappa shape index (κ3) is 6.35. The van der Waals surface area contributed by atoms with Crippen LogP contribution in [-0.2, 0) is 11.4 Å². The van der Waals surface area contributed by atoms with E-state index >= 15 is 0 Å². The zero-order valence-corrected chi connectivity index (χ0v) is 19.2. The molecule has 0 atom stereocenters. The van der Waals surface area contributed by atoms with Gasteiger partial charge in [0.1, 0.15) is 18.1 Å². The molecule has 0 heterocycles. The molecule has 0 saturated heterocycles. The Hall–Kier alpha value is -3.80. The summed E-state index contributed by atoms with van der Waals surface area (Å²) in [6.45, 7) is 6.62. The largest absolute Gasteiger partial charge is 0.491 e. The number of hydrogen-bond donors (Lipinski definition) is 2. The summed E-state index contributed by atoms with van der Waals surface area (Å²) in [4.78, 5) is 23.7. The first-order valence-electron chi connectivity index (χ1n) is 10.9. The highest BCUT2D eigenvalue weighted by Crippen LogP contribution is 2.28. The van der Waals surface area contributed by atoms with E-state index in [4.69, 9.17) is 14.6 Å². The lowest BCUT2D eigenvalue weighted by molar-refractivity contribution is -0.137. The fourth-order valence-corrected chi connectivity index (χ4v) is 3.42. The predicted octanol–water partition coefficient (Wildman–Crippen LogP) is 5.69. The molecule has 0 aromatic heterocycles. The van der Waals surface area contributed by atoms with Crippen molar-refractivity contribution in [2.45, 2.75) is 40.2 Å². The Balaban J connectivity index is 1.69. The number of ether oxygens (including phenoxy) is 2. The van der Waals surface area contributed by atoms with Crippen LogP contribution < -0.4 is 14.8 Å². The molecule has 0 fully saturated rings. The molecule has 3 aromatic carbocycles. The number of aryl methyl sites for hydroxylation is 1. The van der Waals surface area contributed by atoms with Crippen LogP contribution in [0.3, 0.4) is 0 Å². The van der Waals surface area contributed by atoms with Gasteiger partial charge in [0.05, 0.1) is 12.3 Å². The van der Waals surface area contributed by atoms with Crippen molar-refractivity contribution in [3.8, 4) is 11.5 Å². The Morgan fingerprint density at radius 1 is 0.848 bits per heavy atom. The van der Waals surface area contributed by atoms with Gasteiger partial charge in [-0.3, -0.25) is 9.59 Å². The fourth-order valence-electron chi connectivity index (χ4n) is 3.42. The van der Waals surface area contributed by atoms with Gasteiger partial charge in [0.25, 0.3) is 5.91 Å². The topological polar surface area (TPSA) is 84.9 Å². The third-order valence-electron chi connectivity index (χ3n) is 5.55. The first-order valence-corrected chi connectivity index (χ1v) is 10.9. The Morgan fingerprint density at radius 3 is 2.33 bits per heavy atom. The quantitative estimate of drug-likeness (QED) is 0.390. The van der Waals surface area contributed by atoms with Gasteiger partial charge >= 0.3 is 5.97 Å². The van der Waals surface area contributed by atoms with Gasteiger partial charge in [-0.2, -0.15) is 0 Å². The molecule has 6 heteroatoms. The molecule has 2 N–H and O–H groups in total. The van der Waals surface area contributed by atoms with Gasteiger partial charge in [-0.05, 0) is 73.7 Å². The number of aliphatic carboxylic acids is 1. The number of amides is 1. The van der Waals surface area contributed by atoms with Crippen molar-refractivity contribution in [2.24, 2.45) is 0 Å². The Kier molecular flexibility index (Phi) is 8.08. The number of carbonyl (C=O) groups is 2. The molecule has 0 radical (unpaired) electrons. The molecule has 0 spiro atoms. The molecule has 172 valence electrons. The molecule has 0 aliphatic rings. The predicted molar refractivity (Wildman–Crippen MR) is 128 cm³/mol. The molecule has 0 aliphatic heterocycles. The fraction of sp³-hybridized carbons (Fsp3) is 0.259. The number of benzene rings is 3. The number of para-hydroxylation sites is 2. The van der Waals surface area contributed by atoms with Crippen LogP contribution in [0.1, 0.15) is 45.5 Å². The number of anilines is 1. The van der Waals surface area contributed by atoms with Crippen LogP contribution in [0.2, 0.25) is 0 Å². The minimum Gasteiger partial charge on any atom is -0.491 e. The summed E-state index contributed by atoms with van der Waals surface area (Å²) in [6.07, 6.45) is 0.422. The lowest BCUT2D eigenvalue weighted by Crippen LogP contribution is -2.15. The summed E-state index contributed by atoms with van der Waals surface area (Å²) in [5.41, 5.74) is 5.14. The van der Waals surface area contributed by atoms with Crippen molar-refractivity contribution < 1.29 is 24.2 Å². The van der Waals surface area contributed by atoms with Gasteiger partial charge in [-0.1, -0.05) is 36.4 Å². The monoisotopic (exact) mass is 447 g/mol. The smallest absolute Gasteiger partial charge is 0.303 e. The third-order valence-corrected chi connectivity index (χ3v) is 5.55. The molecule has 0 bridgehead atoms. The van der Waals surface area contributed by atoms with Gasteiger partial charge in [0.2, 0.25) is 0 Å². The van der Waals surface area contributed by atoms with Crippen LogP contribution in [0.25, 0.3) is 0 Å². The SMILES string of the molecule is Cc1ccccc1COc1ccc(C(=O)Nc2ccccc2OCCCC(=O)O)c(C)c1C. The molecule has 3 aromatic rings. The van der Waals surface area contributed by atoms with E-state index in [0.717, 1.165) is 22.4 Å². The van der Waals surface area contributed by atoms with E-state index in [1.807, 2.05) is 38.1 Å². The summed E-state index contributed by atoms with van der Waals surface area (Å²) in [5.74, 6) is 0.137. The van der Waals surface area contributed by atoms with Gasteiger partial charge in [-0.25, -0.2) is 0 Å². The number of rotatable bonds is 10. The molecule has 1 amide bonds. The van der Waals surface area contributed by atoms with Crippen LogP contribution in [0.4, 0.5) is 5.69 Å². The van der Waals surface area contributed by atoms with E-state index in [0.29, 0.717) is 30.0 Å². The maximum atomic E-state index is 13.0. The van der Waals surface area contributed by atoms with Gasteiger partial charge in [0, 0.05) is 12.0 Å². The summed E-state index contributed by atoms with van der Waals surface area (Å²) < 4.78 is 11.7. The lowest BCUT2D eigenvalue weighted by Gasteiger charge is -2.16. The molecule has 33 heavy (non-hydrogen) atoms. The molecule has 0 saturated carbocycles. The lowest BCUT2D eigenvalue weighted by atomic mass is 10.0. The zero-order chi connectivity index (χ0) is 23.8. The van der Waals surface area contributed by atoms with E-state index in [2.05, 4.69) is 18.3 Å². The van der Waals surface area contributed by atoms with Crippen LogP contribution in [-0.4, -0.2) is 23.6 Å². The van der Waals surface area contributed by atoms with Crippen molar-refractivity contribution in [3.05, 3.63) is 88.5 Å². The van der Waals surface area contributed by atoms with E-state index in [1.165, 1.54) is 5.56 Å². The number of nitrogens with one attached hydrogen (secondary N) is 1. The first-order chi connectivity index (χ1) is 15.9. The molecule has 0 aliphatic carbocycles. The second-order valence-corrected chi connectivity index (χ2v) is 7.87. The van der Waals surface area contributed by atoms with Crippen molar-refractivity contribution in [1.29, 1.82) is 0 Å². The van der Waals surface area contributed by atoms with E-state index in [9.17, 15) is 9.59 Å². The number of carbonyl (C=O) groups excluding carboxylic acids is 1. The zero-order valence-electron chi connectivity index (χ0n) is 19.2. The van der Waals surface area contributed by atoms with E-state index < -0.39 is 5.97 Å². The van der Waals surface area contributed by atoms with Crippen LogP contribution in [0, 0.1) is 20.8 Å². The molecular formula is C27H29NO5. The van der Waals surface area contributed by atoms with Gasteiger partial charge in [0.15, 0.2) is 0 Å². The minimum absolute atomic E-state index is 0.0330. The summed E-state index contributed by atoms with van der Waals surface area (Å²) in [6, 6.07) is 18.8. The van der Waals surface area contributed by atoms with E-state index in [1.54, 1.807) is 30.3 Å². The normalized spacial score (nSPS) is 10.5. The molecule has 0 unspecified atom stereocenters. The number of hydrogen-bond acceptors (Lipinski definition) is 4. The maximum absolute atomic E-state index is 13.0. The van der Waals surface area contributed by atoms with Crippen molar-refractivity contribution in [3.63, 3.8) is 0 Å². The summed E-state index contributed by atoms with van der Waals surface area (Å²) in [5, 5.41) is 11.7. The number of carboxylic acid groups (broad SMARTS) is 1. The van der Waals surface area contributed by atoms with Crippen molar-refractivity contribution >= 4 is 17.6 Å². The van der Waals surface area contributed by atoms with Crippen LogP contribution in [0.15, 0.2) is 60.7 Å². The van der Waals surface area contributed by atoms with Gasteiger partial charge < -0.3 is 19.9 Å². The molecular weight excluding hydrogens is 418 g/mol. The first kappa shape index (κ1) is 23.9. The Labute approximate surface area is 194 Å². The molecule has 6 nitrogen and oxygen atoms in total. The Bertz CT molecular complexity index is 1140. The standard InChI is InChI=1S/C27H29NO5/c1-18-9-4-5-10-21(18)17-33-24-15-14-22(19(2)20(24)3)27(31)28-23-11-6-7-12-25(23)32-16-8-13-26(29)30/h4-7,9-12,14-15H,8,13,16-17H2,1-3H3,(H,28,31)(H,29,30). The van der Waals surface area contributed by atoms with Crippen molar-refractivity contribution in [1.82, 2.24) is 0 Å². The van der Waals surface area contributed by atoms with E-state index in [-0.39, 0.29) is 18.9 Å².